The average molecular weight is 376 g/mol. The minimum atomic E-state index is -0.767. The molecule has 2 atom stereocenters. The summed E-state index contributed by atoms with van der Waals surface area (Å²) in [4.78, 5) is 28.1. The third kappa shape index (κ3) is 4.35. The van der Waals surface area contributed by atoms with Crippen molar-refractivity contribution < 1.29 is 24.2 Å². The second-order valence-corrected chi connectivity index (χ2v) is 7.27. The monoisotopic (exact) mass is 376 g/mol. The number of ether oxygens (including phenoxy) is 2. The molecule has 7 heteroatoms. The first-order valence-corrected chi connectivity index (χ1v) is 9.50. The number of hydrogen-bond acceptors (Lipinski definition) is 5. The van der Waals surface area contributed by atoms with E-state index in [2.05, 4.69) is 0 Å². The number of methoxy groups -OCH3 is 2. The fourth-order valence-electron chi connectivity index (χ4n) is 4.15. The normalized spacial score (nSPS) is 23.3. The molecule has 0 aromatic heterocycles. The largest absolute Gasteiger partial charge is 0.493 e. The molecule has 0 spiro atoms. The van der Waals surface area contributed by atoms with Crippen LogP contribution in [0.3, 0.4) is 0 Å². The fraction of sp³-hybridized carbons (Fsp3) is 0.600. The van der Waals surface area contributed by atoms with Gasteiger partial charge in [0.25, 0.3) is 0 Å². The first kappa shape index (κ1) is 19.5. The van der Waals surface area contributed by atoms with Gasteiger partial charge in [-0.25, -0.2) is 0 Å². The molecule has 27 heavy (non-hydrogen) atoms. The summed E-state index contributed by atoms with van der Waals surface area (Å²) in [6.45, 7) is 2.25. The second-order valence-electron chi connectivity index (χ2n) is 7.27. The first-order valence-electron chi connectivity index (χ1n) is 9.50. The lowest BCUT2D eigenvalue weighted by atomic mass is 9.98. The maximum absolute atomic E-state index is 12.9. The summed E-state index contributed by atoms with van der Waals surface area (Å²) in [5.74, 6) is 0.265. The van der Waals surface area contributed by atoms with Crippen LogP contribution in [0.25, 0.3) is 0 Å². The van der Waals surface area contributed by atoms with E-state index in [1.165, 1.54) is 0 Å². The Kier molecular flexibility index (Phi) is 6.21. The molecule has 7 nitrogen and oxygen atoms in total. The number of piperidine rings is 1. The third-order valence-electron chi connectivity index (χ3n) is 5.58. The van der Waals surface area contributed by atoms with E-state index in [9.17, 15) is 14.7 Å². The Bertz CT molecular complexity index is 693. The topological polar surface area (TPSA) is 79.3 Å². The highest BCUT2D eigenvalue weighted by Gasteiger charge is 2.33. The molecular formula is C20H28N2O5. The Hall–Kier alpha value is -2.28. The summed E-state index contributed by atoms with van der Waals surface area (Å²) in [6, 6.07) is 5.82. The van der Waals surface area contributed by atoms with Crippen molar-refractivity contribution in [2.75, 3.05) is 40.4 Å². The van der Waals surface area contributed by atoms with Gasteiger partial charge in [-0.15, -0.1) is 0 Å². The molecule has 3 rings (SSSR count). The van der Waals surface area contributed by atoms with Gasteiger partial charge in [-0.05, 0) is 49.9 Å². The molecule has 0 bridgehead atoms. The van der Waals surface area contributed by atoms with Crippen LogP contribution in [-0.2, 0) is 9.59 Å². The summed E-state index contributed by atoms with van der Waals surface area (Å²) in [5, 5.41) is 9.24. The van der Waals surface area contributed by atoms with Crippen LogP contribution in [0.15, 0.2) is 18.2 Å². The zero-order valence-corrected chi connectivity index (χ0v) is 16.0. The van der Waals surface area contributed by atoms with Gasteiger partial charge in [-0.3, -0.25) is 14.5 Å². The molecule has 2 saturated heterocycles. The van der Waals surface area contributed by atoms with Gasteiger partial charge < -0.3 is 19.5 Å². The number of benzene rings is 1. The van der Waals surface area contributed by atoms with E-state index in [4.69, 9.17) is 9.47 Å². The quantitative estimate of drug-likeness (QED) is 0.820. The van der Waals surface area contributed by atoms with E-state index < -0.39 is 5.97 Å². The Balaban J connectivity index is 1.68. The van der Waals surface area contributed by atoms with E-state index in [-0.39, 0.29) is 24.4 Å². The van der Waals surface area contributed by atoms with Gasteiger partial charge in [-0.1, -0.05) is 6.07 Å². The summed E-state index contributed by atoms with van der Waals surface area (Å²) >= 11 is 0. The third-order valence-corrected chi connectivity index (χ3v) is 5.58. The zero-order chi connectivity index (χ0) is 19.4. The highest BCUT2D eigenvalue weighted by molar-refractivity contribution is 5.79. The summed E-state index contributed by atoms with van der Waals surface area (Å²) < 4.78 is 10.7. The Labute approximate surface area is 159 Å². The molecule has 148 valence electrons. The van der Waals surface area contributed by atoms with Gasteiger partial charge in [0.15, 0.2) is 11.5 Å². The number of carboxylic acid groups (broad SMARTS) is 1. The molecule has 2 heterocycles. The molecule has 1 aromatic rings. The SMILES string of the molecule is COc1ccc(C2CCCN2C(=O)CN2CCCC(C(=O)O)C2)cc1OC. The van der Waals surface area contributed by atoms with Crippen molar-refractivity contribution >= 4 is 11.9 Å². The lowest BCUT2D eigenvalue weighted by Gasteiger charge is -2.33. The van der Waals surface area contributed by atoms with Crippen molar-refractivity contribution in [3.63, 3.8) is 0 Å². The molecule has 1 amide bonds. The number of hydrogen-bond donors (Lipinski definition) is 1. The predicted molar refractivity (Wildman–Crippen MR) is 100 cm³/mol. The number of carbonyl (C=O) groups excluding carboxylic acids is 1. The van der Waals surface area contributed by atoms with Crippen LogP contribution in [0.4, 0.5) is 0 Å². The Morgan fingerprint density at radius 1 is 1.11 bits per heavy atom. The highest BCUT2D eigenvalue weighted by atomic mass is 16.5. The van der Waals surface area contributed by atoms with Crippen molar-refractivity contribution in [3.05, 3.63) is 23.8 Å². The summed E-state index contributed by atoms with van der Waals surface area (Å²) in [7, 11) is 3.21. The highest BCUT2D eigenvalue weighted by Crippen LogP contribution is 2.37. The van der Waals surface area contributed by atoms with Gasteiger partial charge >= 0.3 is 5.97 Å². The van der Waals surface area contributed by atoms with Crippen LogP contribution < -0.4 is 9.47 Å². The summed E-state index contributed by atoms with van der Waals surface area (Å²) in [6.07, 6.45) is 3.39. The molecule has 0 aliphatic carbocycles. The van der Waals surface area contributed by atoms with Gasteiger partial charge in [0, 0.05) is 13.1 Å². The molecule has 2 unspecified atom stereocenters. The fourth-order valence-corrected chi connectivity index (χ4v) is 4.15. The van der Waals surface area contributed by atoms with E-state index in [1.54, 1.807) is 14.2 Å². The number of amides is 1. The Morgan fingerprint density at radius 3 is 2.56 bits per heavy atom. The lowest BCUT2D eigenvalue weighted by Crippen LogP contribution is -2.45. The Morgan fingerprint density at radius 2 is 1.85 bits per heavy atom. The van der Waals surface area contributed by atoms with Crippen LogP contribution >= 0.6 is 0 Å². The molecular weight excluding hydrogens is 348 g/mol. The van der Waals surface area contributed by atoms with Gasteiger partial charge in [0.05, 0.1) is 32.7 Å². The minimum Gasteiger partial charge on any atom is -0.493 e. The van der Waals surface area contributed by atoms with Crippen molar-refractivity contribution in [3.8, 4) is 11.5 Å². The number of likely N-dealkylation sites (tertiary alicyclic amines) is 2. The van der Waals surface area contributed by atoms with E-state index in [0.717, 1.165) is 37.9 Å². The molecule has 2 fully saturated rings. The smallest absolute Gasteiger partial charge is 0.307 e. The van der Waals surface area contributed by atoms with Crippen LogP contribution in [-0.4, -0.2) is 67.2 Å². The number of carboxylic acids is 1. The maximum atomic E-state index is 12.9. The van der Waals surface area contributed by atoms with E-state index in [1.807, 2.05) is 28.0 Å². The van der Waals surface area contributed by atoms with Crippen LogP contribution in [0.5, 0.6) is 11.5 Å². The molecule has 0 saturated carbocycles. The molecule has 0 radical (unpaired) electrons. The summed E-state index contributed by atoms with van der Waals surface area (Å²) in [5.41, 5.74) is 1.04. The molecule has 2 aliphatic heterocycles. The van der Waals surface area contributed by atoms with Gasteiger partial charge in [0.1, 0.15) is 0 Å². The van der Waals surface area contributed by atoms with Crippen LogP contribution in [0, 0.1) is 5.92 Å². The average Bonchev–Trinajstić information content (AvgIpc) is 3.17. The zero-order valence-electron chi connectivity index (χ0n) is 16.0. The number of nitrogens with zero attached hydrogens (tertiary/aromatic N) is 2. The number of aliphatic carboxylic acids is 1. The molecule has 1 N–H and O–H groups in total. The van der Waals surface area contributed by atoms with Crippen molar-refractivity contribution in [1.82, 2.24) is 9.80 Å². The first-order chi connectivity index (χ1) is 13.0. The number of carbonyl (C=O) groups is 2. The van der Waals surface area contributed by atoms with Crippen molar-refractivity contribution in [1.29, 1.82) is 0 Å². The molecule has 1 aromatic carbocycles. The van der Waals surface area contributed by atoms with Crippen LogP contribution in [0.2, 0.25) is 0 Å². The molecule has 2 aliphatic rings. The second kappa shape index (κ2) is 8.61. The van der Waals surface area contributed by atoms with Gasteiger partial charge in [-0.2, -0.15) is 0 Å². The predicted octanol–water partition coefficient (Wildman–Crippen LogP) is 2.16. The van der Waals surface area contributed by atoms with Gasteiger partial charge in [0.2, 0.25) is 5.91 Å². The minimum absolute atomic E-state index is 0.0253. The van der Waals surface area contributed by atoms with Crippen LogP contribution in [0.1, 0.15) is 37.3 Å². The number of rotatable bonds is 6. The lowest BCUT2D eigenvalue weighted by molar-refractivity contribution is -0.145. The van der Waals surface area contributed by atoms with E-state index >= 15 is 0 Å². The van der Waals surface area contributed by atoms with Crippen molar-refractivity contribution in [2.45, 2.75) is 31.7 Å². The van der Waals surface area contributed by atoms with Crippen molar-refractivity contribution in [2.24, 2.45) is 5.92 Å². The maximum Gasteiger partial charge on any atom is 0.307 e. The van der Waals surface area contributed by atoms with E-state index in [0.29, 0.717) is 24.5 Å². The standard InChI is InChI=1S/C20H28N2O5/c1-26-17-8-7-14(11-18(17)27-2)16-6-4-10-22(16)19(23)13-21-9-3-5-15(12-21)20(24)25/h7-8,11,15-16H,3-6,9-10,12-13H2,1-2H3,(H,24,25).